The van der Waals surface area contributed by atoms with Gasteiger partial charge in [-0.25, -0.2) is 0 Å². The lowest BCUT2D eigenvalue weighted by molar-refractivity contribution is -0.152. The molecule has 7 heteroatoms. The Bertz CT molecular complexity index is 712. The molecular formula is C16H15IN2O3S. The molecule has 0 saturated heterocycles. The monoisotopic (exact) mass is 442 g/mol. The zero-order valence-electron chi connectivity index (χ0n) is 12.6. The number of hydrogen-bond donors (Lipinski definition) is 1. The Morgan fingerprint density at radius 1 is 1.48 bits per heavy atom. The number of thioether (sulfide) groups is 1. The van der Waals surface area contributed by atoms with E-state index >= 15 is 0 Å². The lowest BCUT2D eigenvalue weighted by Crippen LogP contribution is -2.44. The molecule has 1 N–H and O–H groups in total. The molecule has 1 aliphatic heterocycles. The van der Waals surface area contributed by atoms with Crippen LogP contribution in [0.25, 0.3) is 0 Å². The molecule has 0 aliphatic carbocycles. The van der Waals surface area contributed by atoms with Gasteiger partial charge in [-0.1, -0.05) is 18.2 Å². The van der Waals surface area contributed by atoms with E-state index in [0.717, 1.165) is 9.13 Å². The molecular weight excluding hydrogens is 427 g/mol. The highest BCUT2D eigenvalue weighted by Crippen LogP contribution is 2.41. The van der Waals surface area contributed by atoms with E-state index in [2.05, 4.69) is 34.0 Å². The highest BCUT2D eigenvalue weighted by molar-refractivity contribution is 14.1. The van der Waals surface area contributed by atoms with Crippen molar-refractivity contribution in [2.24, 2.45) is 5.92 Å². The lowest BCUT2D eigenvalue weighted by Gasteiger charge is -2.31. The summed E-state index contributed by atoms with van der Waals surface area (Å²) in [4.78, 5) is 24.8. The van der Waals surface area contributed by atoms with Crippen LogP contribution in [0.1, 0.15) is 18.4 Å². The summed E-state index contributed by atoms with van der Waals surface area (Å²) in [7, 11) is 0. The Morgan fingerprint density at radius 3 is 2.74 bits per heavy atom. The number of nitrogens with zero attached hydrogens (tertiary/aromatic N) is 1. The molecule has 2 atom stereocenters. The number of rotatable bonds is 4. The first-order valence-corrected chi connectivity index (χ1v) is 9.25. The molecule has 1 amide bonds. The van der Waals surface area contributed by atoms with Crippen molar-refractivity contribution in [2.45, 2.75) is 12.8 Å². The van der Waals surface area contributed by atoms with Gasteiger partial charge in [0.05, 0.1) is 23.3 Å². The van der Waals surface area contributed by atoms with Gasteiger partial charge in [0.2, 0.25) is 5.91 Å². The quantitative estimate of drug-likeness (QED) is 0.441. The van der Waals surface area contributed by atoms with E-state index in [1.165, 1.54) is 11.8 Å². The van der Waals surface area contributed by atoms with Gasteiger partial charge >= 0.3 is 5.97 Å². The molecule has 23 heavy (non-hydrogen) atoms. The maximum atomic E-state index is 12.5. The molecule has 5 nitrogen and oxygen atoms in total. The fourth-order valence-electron chi connectivity index (χ4n) is 2.54. The SMILES string of the molecule is CCOC(=O)[C@H]1C(=O)NC(SC)=C(C#N)[C@H]1c1ccccc1I. The normalized spacial score (nSPS) is 20.7. The molecule has 1 aromatic carbocycles. The highest BCUT2D eigenvalue weighted by atomic mass is 127. The first kappa shape index (κ1) is 17.8. The molecule has 0 fully saturated rings. The van der Waals surface area contributed by atoms with Crippen LogP contribution >= 0.6 is 34.4 Å². The van der Waals surface area contributed by atoms with Crippen LogP contribution in [0.2, 0.25) is 0 Å². The summed E-state index contributed by atoms with van der Waals surface area (Å²) in [5.41, 5.74) is 1.17. The van der Waals surface area contributed by atoms with Crippen LogP contribution in [-0.4, -0.2) is 24.7 Å². The van der Waals surface area contributed by atoms with Gasteiger partial charge in [-0.15, -0.1) is 11.8 Å². The summed E-state index contributed by atoms with van der Waals surface area (Å²) in [6.07, 6.45) is 1.78. The van der Waals surface area contributed by atoms with Gasteiger partial charge in [0, 0.05) is 9.49 Å². The number of nitrogens with one attached hydrogen (secondary N) is 1. The fraction of sp³-hybridized carbons (Fsp3) is 0.312. The van der Waals surface area contributed by atoms with Crippen LogP contribution < -0.4 is 5.32 Å². The first-order chi connectivity index (χ1) is 11.0. The number of carbonyl (C=O) groups is 2. The number of nitriles is 1. The number of halogens is 1. The number of hydrogen-bond acceptors (Lipinski definition) is 5. The smallest absolute Gasteiger partial charge is 0.319 e. The van der Waals surface area contributed by atoms with Crippen molar-refractivity contribution in [3.8, 4) is 6.07 Å². The van der Waals surface area contributed by atoms with Crippen LogP contribution in [0, 0.1) is 20.8 Å². The van der Waals surface area contributed by atoms with Gasteiger partial charge in [0.15, 0.2) is 0 Å². The number of esters is 1. The molecule has 1 heterocycles. The number of benzene rings is 1. The van der Waals surface area contributed by atoms with Gasteiger partial charge in [0.1, 0.15) is 5.92 Å². The summed E-state index contributed by atoms with van der Waals surface area (Å²) >= 11 is 3.43. The zero-order chi connectivity index (χ0) is 17.0. The average molecular weight is 442 g/mol. The predicted octanol–water partition coefficient (Wildman–Crippen LogP) is 2.78. The number of allylic oxidation sites excluding steroid dienone is 1. The lowest BCUT2D eigenvalue weighted by atomic mass is 9.78. The third kappa shape index (κ3) is 3.53. The number of ether oxygens (including phenoxy) is 1. The second-order valence-electron chi connectivity index (χ2n) is 4.78. The van der Waals surface area contributed by atoms with Gasteiger partial charge in [0.25, 0.3) is 0 Å². The van der Waals surface area contributed by atoms with Crippen LogP contribution in [-0.2, 0) is 14.3 Å². The summed E-state index contributed by atoms with van der Waals surface area (Å²) in [5, 5.41) is 12.7. The summed E-state index contributed by atoms with van der Waals surface area (Å²) in [6, 6.07) is 9.60. The minimum absolute atomic E-state index is 0.183. The zero-order valence-corrected chi connectivity index (χ0v) is 15.6. The molecule has 0 spiro atoms. The van der Waals surface area contributed by atoms with Crippen LogP contribution in [0.5, 0.6) is 0 Å². The third-order valence-electron chi connectivity index (χ3n) is 3.51. The average Bonchev–Trinajstić information content (AvgIpc) is 2.54. The summed E-state index contributed by atoms with van der Waals surface area (Å²) < 4.78 is 5.96. The van der Waals surface area contributed by atoms with Gasteiger partial charge < -0.3 is 10.1 Å². The molecule has 120 valence electrons. The van der Waals surface area contributed by atoms with Crippen LogP contribution in [0.4, 0.5) is 0 Å². The number of carbonyl (C=O) groups excluding carboxylic acids is 2. The minimum atomic E-state index is -1.06. The van der Waals surface area contributed by atoms with Gasteiger partial charge in [-0.05, 0) is 47.4 Å². The predicted molar refractivity (Wildman–Crippen MR) is 96.3 cm³/mol. The molecule has 1 aliphatic rings. The van der Waals surface area contributed by atoms with E-state index in [4.69, 9.17) is 4.74 Å². The van der Waals surface area contributed by atoms with E-state index in [1.54, 1.807) is 13.2 Å². The van der Waals surface area contributed by atoms with Crippen molar-refractivity contribution in [3.63, 3.8) is 0 Å². The maximum Gasteiger partial charge on any atom is 0.319 e. The van der Waals surface area contributed by atoms with E-state index in [-0.39, 0.29) is 6.61 Å². The molecule has 1 aromatic rings. The second-order valence-corrected chi connectivity index (χ2v) is 6.76. The van der Waals surface area contributed by atoms with Crippen LogP contribution in [0.15, 0.2) is 34.9 Å². The number of amides is 1. The van der Waals surface area contributed by atoms with E-state index in [1.807, 2.05) is 24.3 Å². The minimum Gasteiger partial charge on any atom is -0.465 e. The Balaban J connectivity index is 2.64. The standard InChI is InChI=1S/C16H15IN2O3S/c1-3-22-16(21)13-12(9-6-4-5-7-11(9)17)10(8-18)15(23-2)19-14(13)20/h4-7,12-13H,3H2,1-2H3,(H,19,20)/t12-,13-/m1/s1. The van der Waals surface area contributed by atoms with E-state index in [0.29, 0.717) is 10.6 Å². The molecule has 2 rings (SSSR count). The largest absolute Gasteiger partial charge is 0.465 e. The topological polar surface area (TPSA) is 79.2 Å². The Morgan fingerprint density at radius 2 is 2.17 bits per heavy atom. The van der Waals surface area contributed by atoms with Crippen molar-refractivity contribution < 1.29 is 14.3 Å². The van der Waals surface area contributed by atoms with Crippen molar-refractivity contribution in [1.29, 1.82) is 5.26 Å². The van der Waals surface area contributed by atoms with E-state index in [9.17, 15) is 14.9 Å². The van der Waals surface area contributed by atoms with E-state index < -0.39 is 23.7 Å². The molecule has 0 bridgehead atoms. The van der Waals surface area contributed by atoms with Crippen molar-refractivity contribution in [2.75, 3.05) is 12.9 Å². The van der Waals surface area contributed by atoms with Gasteiger partial charge in [-0.3, -0.25) is 9.59 Å². The second kappa shape index (κ2) is 7.84. The highest BCUT2D eigenvalue weighted by Gasteiger charge is 2.44. The van der Waals surface area contributed by atoms with Crippen molar-refractivity contribution in [1.82, 2.24) is 5.32 Å². The Hall–Kier alpha value is -1.53. The Kier molecular flexibility index (Phi) is 6.07. The summed E-state index contributed by atoms with van der Waals surface area (Å²) in [5.74, 6) is -2.74. The third-order valence-corrected chi connectivity index (χ3v) is 5.23. The Labute approximate surface area is 152 Å². The molecule has 0 radical (unpaired) electrons. The maximum absolute atomic E-state index is 12.5. The molecule has 0 saturated carbocycles. The van der Waals surface area contributed by atoms with Gasteiger partial charge in [-0.2, -0.15) is 5.26 Å². The first-order valence-electron chi connectivity index (χ1n) is 6.95. The molecule has 0 unspecified atom stereocenters. The van der Waals surface area contributed by atoms with Crippen molar-refractivity contribution in [3.05, 3.63) is 44.0 Å². The van der Waals surface area contributed by atoms with Crippen LogP contribution in [0.3, 0.4) is 0 Å². The fourth-order valence-corrected chi connectivity index (χ4v) is 3.85. The molecule has 0 aromatic heterocycles. The summed E-state index contributed by atoms with van der Waals surface area (Å²) in [6.45, 7) is 1.87. The van der Waals surface area contributed by atoms with Crippen molar-refractivity contribution >= 4 is 46.2 Å².